The number of nitrogens with zero attached hydrogens (tertiary/aromatic N) is 2. The molecular formula is C35H36N4O6S. The number of fused-ring (bicyclic) bond motifs is 1. The Hall–Kier alpha value is -5.16. The smallest absolute Gasteiger partial charge is 0.265 e. The minimum absolute atomic E-state index is 0.0406. The quantitative estimate of drug-likeness (QED) is 0.204. The van der Waals surface area contributed by atoms with Gasteiger partial charge in [0.1, 0.15) is 16.4 Å². The maximum atomic E-state index is 13.7. The van der Waals surface area contributed by atoms with Crippen LogP contribution in [0, 0.1) is 0 Å². The van der Waals surface area contributed by atoms with Gasteiger partial charge in [-0.15, -0.1) is 0 Å². The number of aryl methyl sites for hydroxylation is 1. The number of likely N-dealkylation sites (N-methyl/N-ethyl adjacent to an activating group) is 1. The summed E-state index contributed by atoms with van der Waals surface area (Å²) in [6.07, 6.45) is 8.72. The van der Waals surface area contributed by atoms with Crippen LogP contribution in [0.1, 0.15) is 41.1 Å². The first-order valence-electron chi connectivity index (χ1n) is 14.8. The average molecular weight is 641 g/mol. The molecule has 1 aliphatic rings. The Morgan fingerprint density at radius 1 is 0.978 bits per heavy atom. The highest BCUT2D eigenvalue weighted by atomic mass is 32.2. The van der Waals surface area contributed by atoms with Crippen LogP contribution in [0.2, 0.25) is 0 Å². The number of carbonyl (C=O) groups is 2. The molecule has 0 saturated heterocycles. The van der Waals surface area contributed by atoms with Gasteiger partial charge in [-0.25, -0.2) is 8.42 Å². The van der Waals surface area contributed by atoms with E-state index >= 15 is 0 Å². The molecule has 10 nitrogen and oxygen atoms in total. The molecule has 0 radical (unpaired) electrons. The Morgan fingerprint density at radius 2 is 1.78 bits per heavy atom. The second-order valence-electron chi connectivity index (χ2n) is 10.9. The Balaban J connectivity index is 1.34. The summed E-state index contributed by atoms with van der Waals surface area (Å²) in [5, 5.41) is 2.72. The first kappa shape index (κ1) is 32.2. The first-order chi connectivity index (χ1) is 22.2. The first-order valence-corrected chi connectivity index (χ1v) is 16.3. The largest absolute Gasteiger partial charge is 0.497 e. The molecule has 3 aromatic carbocycles. The van der Waals surface area contributed by atoms with Crippen molar-refractivity contribution in [1.82, 2.24) is 9.88 Å². The Morgan fingerprint density at radius 3 is 2.54 bits per heavy atom. The van der Waals surface area contributed by atoms with Gasteiger partial charge in [-0.1, -0.05) is 24.3 Å². The van der Waals surface area contributed by atoms with E-state index in [2.05, 4.69) is 15.0 Å². The molecule has 0 spiro atoms. The summed E-state index contributed by atoms with van der Waals surface area (Å²) in [6.45, 7) is 0. The van der Waals surface area contributed by atoms with Crippen LogP contribution in [-0.2, 0) is 32.5 Å². The number of aromatic nitrogens is 1. The molecule has 1 atom stereocenters. The summed E-state index contributed by atoms with van der Waals surface area (Å²) in [4.78, 5) is 31.3. The molecule has 0 bridgehead atoms. The van der Waals surface area contributed by atoms with Crippen LogP contribution < -0.4 is 19.5 Å². The molecule has 0 saturated carbocycles. The normalized spacial score (nSPS) is 14.3. The zero-order valence-corrected chi connectivity index (χ0v) is 26.7. The third-order valence-corrected chi connectivity index (χ3v) is 9.29. The molecule has 2 N–H and O–H groups in total. The number of amides is 2. The third kappa shape index (κ3) is 7.73. The van der Waals surface area contributed by atoms with Gasteiger partial charge in [0.25, 0.3) is 10.0 Å². The summed E-state index contributed by atoms with van der Waals surface area (Å²) >= 11 is 0. The molecule has 5 rings (SSSR count). The van der Waals surface area contributed by atoms with Crippen LogP contribution in [0.3, 0.4) is 0 Å². The molecule has 1 aromatic heterocycles. The van der Waals surface area contributed by atoms with Gasteiger partial charge in [0.05, 0.1) is 26.7 Å². The average Bonchev–Trinajstić information content (AvgIpc) is 3.07. The fourth-order valence-corrected chi connectivity index (χ4v) is 6.76. The Labute approximate surface area is 269 Å². The highest BCUT2D eigenvalue weighted by Gasteiger charge is 2.28. The number of methoxy groups -OCH3 is 2. The number of benzene rings is 3. The van der Waals surface area contributed by atoms with Gasteiger partial charge < -0.3 is 19.7 Å². The van der Waals surface area contributed by atoms with Gasteiger partial charge in [-0.3, -0.25) is 19.3 Å². The molecule has 1 unspecified atom stereocenters. The lowest BCUT2D eigenvalue weighted by Gasteiger charge is -2.34. The zero-order chi connectivity index (χ0) is 32.7. The van der Waals surface area contributed by atoms with E-state index in [0.29, 0.717) is 22.7 Å². The topological polar surface area (TPSA) is 127 Å². The summed E-state index contributed by atoms with van der Waals surface area (Å²) in [7, 11) is 0.678. The second-order valence-corrected chi connectivity index (χ2v) is 12.6. The van der Waals surface area contributed by atoms with Crippen molar-refractivity contribution in [3.63, 3.8) is 0 Å². The van der Waals surface area contributed by atoms with E-state index in [1.54, 1.807) is 61.8 Å². The lowest BCUT2D eigenvalue weighted by atomic mass is 9.86. The number of rotatable bonds is 11. The van der Waals surface area contributed by atoms with Crippen molar-refractivity contribution < 1.29 is 27.5 Å². The summed E-state index contributed by atoms with van der Waals surface area (Å²) in [6, 6.07) is 20.7. The molecule has 11 heteroatoms. The number of anilines is 2. The van der Waals surface area contributed by atoms with E-state index in [4.69, 9.17) is 9.47 Å². The number of carbonyl (C=O) groups excluding carboxylic acids is 2. The molecule has 0 aliphatic heterocycles. The fourth-order valence-electron chi connectivity index (χ4n) is 5.50. The van der Waals surface area contributed by atoms with Gasteiger partial charge in [0, 0.05) is 36.9 Å². The lowest BCUT2D eigenvalue weighted by Crippen LogP contribution is -2.34. The van der Waals surface area contributed by atoms with Crippen molar-refractivity contribution in [2.45, 2.75) is 36.6 Å². The van der Waals surface area contributed by atoms with Crippen LogP contribution in [0.15, 0.2) is 96.2 Å². The number of ether oxygens (including phenoxy) is 2. The molecule has 1 heterocycles. The monoisotopic (exact) mass is 640 g/mol. The van der Waals surface area contributed by atoms with Crippen molar-refractivity contribution in [3.8, 4) is 11.5 Å². The predicted octanol–water partition coefficient (Wildman–Crippen LogP) is 5.63. The lowest BCUT2D eigenvalue weighted by molar-refractivity contribution is -0.131. The van der Waals surface area contributed by atoms with Crippen molar-refractivity contribution >= 4 is 39.3 Å². The maximum absolute atomic E-state index is 13.7. The number of pyridine rings is 1. The molecular weight excluding hydrogens is 604 g/mol. The zero-order valence-electron chi connectivity index (χ0n) is 25.9. The number of hydrogen-bond donors (Lipinski definition) is 2. The van der Waals surface area contributed by atoms with Crippen molar-refractivity contribution in [2.75, 3.05) is 31.3 Å². The highest BCUT2D eigenvalue weighted by Crippen LogP contribution is 2.36. The predicted molar refractivity (Wildman–Crippen MR) is 177 cm³/mol. The van der Waals surface area contributed by atoms with Gasteiger partial charge in [-0.2, -0.15) is 0 Å². The van der Waals surface area contributed by atoms with Crippen molar-refractivity contribution in [3.05, 3.63) is 114 Å². The van der Waals surface area contributed by atoms with Crippen LogP contribution in [-0.4, -0.2) is 51.4 Å². The van der Waals surface area contributed by atoms with Crippen LogP contribution in [0.5, 0.6) is 11.5 Å². The SMILES string of the molecule is COc1cccc(CC(=O)N(C)C2CCCc3ccc(NS(=O)(=O)c4cc(/C=C/C(=O)Nc5ccncc5)ccc4OC)cc32)c1. The third-order valence-electron chi connectivity index (χ3n) is 7.88. The van der Waals surface area contributed by atoms with Crippen molar-refractivity contribution in [1.29, 1.82) is 0 Å². The number of hydrogen-bond acceptors (Lipinski definition) is 7. The minimum atomic E-state index is -4.10. The van der Waals surface area contributed by atoms with Gasteiger partial charge in [0.2, 0.25) is 11.8 Å². The van der Waals surface area contributed by atoms with E-state index < -0.39 is 10.0 Å². The van der Waals surface area contributed by atoms with Gasteiger partial charge in [-0.05, 0) is 96.1 Å². The molecule has 238 valence electrons. The summed E-state index contributed by atoms with van der Waals surface area (Å²) in [5.41, 5.74) is 4.30. The fraction of sp³-hybridized carbons (Fsp3) is 0.229. The maximum Gasteiger partial charge on any atom is 0.265 e. The second kappa shape index (κ2) is 14.3. The van der Waals surface area contributed by atoms with E-state index in [1.807, 2.05) is 36.4 Å². The van der Waals surface area contributed by atoms with Gasteiger partial charge in [0.15, 0.2) is 0 Å². The van der Waals surface area contributed by atoms with Gasteiger partial charge >= 0.3 is 0 Å². The molecule has 4 aromatic rings. The van der Waals surface area contributed by atoms with E-state index in [1.165, 1.54) is 25.3 Å². The molecule has 2 amide bonds. The van der Waals surface area contributed by atoms with E-state index in [0.717, 1.165) is 36.0 Å². The van der Waals surface area contributed by atoms with E-state index in [-0.39, 0.29) is 34.9 Å². The molecule has 46 heavy (non-hydrogen) atoms. The van der Waals surface area contributed by atoms with E-state index in [9.17, 15) is 18.0 Å². The number of sulfonamides is 1. The van der Waals surface area contributed by atoms with Crippen LogP contribution in [0.4, 0.5) is 11.4 Å². The molecule has 0 fully saturated rings. The number of nitrogens with one attached hydrogen (secondary N) is 2. The molecule has 1 aliphatic carbocycles. The van der Waals surface area contributed by atoms with Crippen LogP contribution >= 0.6 is 0 Å². The van der Waals surface area contributed by atoms with Crippen molar-refractivity contribution in [2.24, 2.45) is 0 Å². The highest BCUT2D eigenvalue weighted by molar-refractivity contribution is 7.92. The minimum Gasteiger partial charge on any atom is -0.497 e. The summed E-state index contributed by atoms with van der Waals surface area (Å²) < 4.78 is 40.7. The summed E-state index contributed by atoms with van der Waals surface area (Å²) in [5.74, 6) is 0.434. The van der Waals surface area contributed by atoms with Crippen LogP contribution in [0.25, 0.3) is 6.08 Å². The Bertz CT molecular complexity index is 1860. The standard InChI is InChI=1S/C35H36N4O6S/c1-39(35(41)22-25-6-4-8-29(20-25)44-2)31-9-5-7-26-12-13-28(23-30(26)31)38-46(42,43)33-21-24(10-14-32(33)45-3)11-15-34(40)37-27-16-18-36-19-17-27/h4,6,8,10-21,23,31,38H,5,7,9,22H2,1-3H3,(H,36,37,40)/b15-11+. The Kier molecular flexibility index (Phi) is 10.0.